The highest BCUT2D eigenvalue weighted by Crippen LogP contribution is 2.23. The Kier molecular flexibility index (Phi) is 3.32. The summed E-state index contributed by atoms with van der Waals surface area (Å²) >= 11 is 0. The summed E-state index contributed by atoms with van der Waals surface area (Å²) in [5.74, 6) is 0.763. The smallest absolute Gasteiger partial charge is 0.247 e. The fraction of sp³-hybridized carbons (Fsp3) is 0.312. The SMILES string of the molecule is CC(C(=O)NC(C)c1cc2ccccc2o1)=C1CNC1. The standard InChI is InChI=1S/C16H18N2O2/c1-10(13-8-17-9-13)16(19)18-11(2)15-7-12-5-3-4-6-14(12)20-15/h3-7,11,17H,8-9H2,1-2H3,(H,18,19). The number of para-hydroxylation sites is 1. The summed E-state index contributed by atoms with van der Waals surface area (Å²) in [5.41, 5.74) is 2.84. The number of furan rings is 1. The predicted octanol–water partition coefficient (Wildman–Crippen LogP) is 2.53. The van der Waals surface area contributed by atoms with Crippen molar-refractivity contribution in [1.82, 2.24) is 10.6 Å². The Hall–Kier alpha value is -2.07. The second kappa shape index (κ2) is 5.13. The van der Waals surface area contributed by atoms with E-state index >= 15 is 0 Å². The van der Waals surface area contributed by atoms with Gasteiger partial charge in [-0.05, 0) is 31.6 Å². The van der Waals surface area contributed by atoms with Gasteiger partial charge in [0.05, 0.1) is 6.04 Å². The average Bonchev–Trinajstić information content (AvgIpc) is 2.80. The molecule has 0 spiro atoms. The molecule has 20 heavy (non-hydrogen) atoms. The maximum absolute atomic E-state index is 12.1. The van der Waals surface area contributed by atoms with Gasteiger partial charge in [-0.15, -0.1) is 0 Å². The lowest BCUT2D eigenvalue weighted by Gasteiger charge is -2.22. The van der Waals surface area contributed by atoms with Gasteiger partial charge in [-0.3, -0.25) is 4.79 Å². The summed E-state index contributed by atoms with van der Waals surface area (Å²) in [4.78, 5) is 12.1. The van der Waals surface area contributed by atoms with E-state index in [2.05, 4.69) is 10.6 Å². The summed E-state index contributed by atoms with van der Waals surface area (Å²) < 4.78 is 5.77. The van der Waals surface area contributed by atoms with Crippen molar-refractivity contribution in [3.8, 4) is 0 Å². The number of carbonyl (C=O) groups excluding carboxylic acids is 1. The maximum atomic E-state index is 12.1. The molecule has 1 aliphatic heterocycles. The normalized spacial score (nSPS) is 15.8. The summed E-state index contributed by atoms with van der Waals surface area (Å²) in [7, 11) is 0. The Labute approximate surface area is 117 Å². The predicted molar refractivity (Wildman–Crippen MR) is 78.3 cm³/mol. The Bertz CT molecular complexity index is 646. The van der Waals surface area contributed by atoms with Crippen LogP contribution in [0.2, 0.25) is 0 Å². The van der Waals surface area contributed by atoms with Crippen LogP contribution in [0.15, 0.2) is 45.9 Å². The van der Waals surface area contributed by atoms with Crippen LogP contribution >= 0.6 is 0 Å². The van der Waals surface area contributed by atoms with Gasteiger partial charge >= 0.3 is 0 Å². The zero-order chi connectivity index (χ0) is 14.1. The van der Waals surface area contributed by atoms with E-state index < -0.39 is 0 Å². The first-order valence-corrected chi connectivity index (χ1v) is 6.84. The van der Waals surface area contributed by atoms with Crippen LogP contribution in [0.25, 0.3) is 11.0 Å². The van der Waals surface area contributed by atoms with Crippen molar-refractivity contribution in [1.29, 1.82) is 0 Å². The highest BCUT2D eigenvalue weighted by molar-refractivity contribution is 5.94. The molecule has 0 aliphatic carbocycles. The molecule has 1 unspecified atom stereocenters. The number of nitrogens with one attached hydrogen (secondary N) is 2. The van der Waals surface area contributed by atoms with Crippen LogP contribution < -0.4 is 10.6 Å². The first-order valence-electron chi connectivity index (χ1n) is 6.84. The number of hydrogen-bond acceptors (Lipinski definition) is 3. The van der Waals surface area contributed by atoms with Crippen LogP contribution in [0, 0.1) is 0 Å². The lowest BCUT2D eigenvalue weighted by Crippen LogP contribution is -2.38. The Morgan fingerprint density at radius 3 is 2.75 bits per heavy atom. The van der Waals surface area contributed by atoms with E-state index in [1.807, 2.05) is 44.2 Å². The quantitative estimate of drug-likeness (QED) is 0.843. The second-order valence-corrected chi connectivity index (χ2v) is 5.21. The minimum atomic E-state index is -0.140. The van der Waals surface area contributed by atoms with Gasteiger partial charge in [0.2, 0.25) is 5.91 Å². The Morgan fingerprint density at radius 1 is 1.35 bits per heavy atom. The fourth-order valence-electron chi connectivity index (χ4n) is 2.27. The van der Waals surface area contributed by atoms with E-state index in [9.17, 15) is 4.79 Å². The van der Waals surface area contributed by atoms with Crippen molar-refractivity contribution in [3.63, 3.8) is 0 Å². The van der Waals surface area contributed by atoms with Crippen LogP contribution in [0.1, 0.15) is 25.6 Å². The maximum Gasteiger partial charge on any atom is 0.247 e. The third-order valence-corrected chi connectivity index (χ3v) is 3.77. The number of benzene rings is 1. The van der Waals surface area contributed by atoms with Crippen LogP contribution in [0.3, 0.4) is 0 Å². The second-order valence-electron chi connectivity index (χ2n) is 5.21. The van der Waals surface area contributed by atoms with Crippen molar-refractivity contribution in [2.75, 3.05) is 13.1 Å². The monoisotopic (exact) mass is 270 g/mol. The molecular weight excluding hydrogens is 252 g/mol. The molecule has 1 aromatic heterocycles. The van der Waals surface area contributed by atoms with Gasteiger partial charge in [0.25, 0.3) is 0 Å². The minimum Gasteiger partial charge on any atom is -0.459 e. The molecule has 104 valence electrons. The van der Waals surface area contributed by atoms with Crippen LogP contribution in [0.5, 0.6) is 0 Å². The summed E-state index contributed by atoms with van der Waals surface area (Å²) in [6.07, 6.45) is 0. The van der Waals surface area contributed by atoms with Gasteiger partial charge in [0.1, 0.15) is 11.3 Å². The molecule has 1 aliphatic rings. The molecule has 1 fully saturated rings. The third-order valence-electron chi connectivity index (χ3n) is 3.77. The Balaban J connectivity index is 1.75. The fourth-order valence-corrected chi connectivity index (χ4v) is 2.27. The van der Waals surface area contributed by atoms with E-state index in [0.717, 1.165) is 35.4 Å². The zero-order valence-electron chi connectivity index (χ0n) is 11.7. The molecule has 4 heteroatoms. The van der Waals surface area contributed by atoms with Crippen molar-refractivity contribution in [2.45, 2.75) is 19.9 Å². The lowest BCUT2D eigenvalue weighted by atomic mass is 10.0. The zero-order valence-corrected chi connectivity index (χ0v) is 11.7. The highest BCUT2D eigenvalue weighted by atomic mass is 16.3. The molecule has 2 aromatic rings. The van der Waals surface area contributed by atoms with Crippen molar-refractivity contribution < 1.29 is 9.21 Å². The summed E-state index contributed by atoms with van der Waals surface area (Å²) in [6, 6.07) is 9.69. The van der Waals surface area contributed by atoms with Gasteiger partial charge in [-0.25, -0.2) is 0 Å². The van der Waals surface area contributed by atoms with Gasteiger partial charge in [0.15, 0.2) is 0 Å². The molecule has 1 aromatic carbocycles. The minimum absolute atomic E-state index is 0.0190. The topological polar surface area (TPSA) is 54.3 Å². The third kappa shape index (κ3) is 2.34. The molecule has 2 N–H and O–H groups in total. The van der Waals surface area contributed by atoms with E-state index in [4.69, 9.17) is 4.42 Å². The van der Waals surface area contributed by atoms with Crippen LogP contribution in [0.4, 0.5) is 0 Å². The molecule has 0 bridgehead atoms. The lowest BCUT2D eigenvalue weighted by molar-refractivity contribution is -0.118. The molecular formula is C16H18N2O2. The molecule has 2 heterocycles. The number of rotatable bonds is 3. The van der Waals surface area contributed by atoms with Crippen LogP contribution in [-0.2, 0) is 4.79 Å². The largest absolute Gasteiger partial charge is 0.459 e. The van der Waals surface area contributed by atoms with E-state index in [-0.39, 0.29) is 11.9 Å². The van der Waals surface area contributed by atoms with Gasteiger partial charge in [-0.1, -0.05) is 18.2 Å². The molecule has 4 nitrogen and oxygen atoms in total. The first kappa shape index (κ1) is 12.9. The van der Waals surface area contributed by atoms with E-state index in [1.165, 1.54) is 5.57 Å². The van der Waals surface area contributed by atoms with Crippen molar-refractivity contribution in [3.05, 3.63) is 47.2 Å². The molecule has 0 radical (unpaired) electrons. The van der Waals surface area contributed by atoms with Gasteiger partial charge in [-0.2, -0.15) is 0 Å². The Morgan fingerprint density at radius 2 is 2.10 bits per heavy atom. The number of fused-ring (bicyclic) bond motifs is 1. The molecule has 1 saturated heterocycles. The van der Waals surface area contributed by atoms with Crippen molar-refractivity contribution >= 4 is 16.9 Å². The van der Waals surface area contributed by atoms with Crippen LogP contribution in [-0.4, -0.2) is 19.0 Å². The molecule has 1 atom stereocenters. The summed E-state index contributed by atoms with van der Waals surface area (Å²) in [6.45, 7) is 5.44. The first-order chi connectivity index (χ1) is 9.65. The average molecular weight is 270 g/mol. The molecule has 3 rings (SSSR count). The summed E-state index contributed by atoms with van der Waals surface area (Å²) in [5, 5.41) is 7.19. The van der Waals surface area contributed by atoms with E-state index in [0.29, 0.717) is 0 Å². The molecule has 0 saturated carbocycles. The van der Waals surface area contributed by atoms with E-state index in [1.54, 1.807) is 0 Å². The number of carbonyl (C=O) groups is 1. The molecule has 1 amide bonds. The number of hydrogen-bond donors (Lipinski definition) is 2. The number of amides is 1. The van der Waals surface area contributed by atoms with Gasteiger partial charge < -0.3 is 15.1 Å². The highest BCUT2D eigenvalue weighted by Gasteiger charge is 2.19. The van der Waals surface area contributed by atoms with Gasteiger partial charge in [0, 0.05) is 24.0 Å². The van der Waals surface area contributed by atoms with Crippen molar-refractivity contribution in [2.24, 2.45) is 0 Å².